The number of esters is 1. The Morgan fingerprint density at radius 3 is 2.86 bits per heavy atom. The van der Waals surface area contributed by atoms with E-state index in [2.05, 4.69) is 5.43 Å². The fourth-order valence-corrected chi connectivity index (χ4v) is 1.07. The molecule has 0 fully saturated rings. The van der Waals surface area contributed by atoms with Crippen LogP contribution in [-0.4, -0.2) is 12.6 Å². The lowest BCUT2D eigenvalue weighted by Gasteiger charge is -2.08. The molecule has 0 amide bonds. The first-order valence-electron chi connectivity index (χ1n) is 4.22. The van der Waals surface area contributed by atoms with E-state index in [9.17, 15) is 4.79 Å². The van der Waals surface area contributed by atoms with Crippen molar-refractivity contribution in [3.8, 4) is 0 Å². The van der Waals surface area contributed by atoms with E-state index >= 15 is 0 Å². The molecule has 0 heterocycles. The minimum absolute atomic E-state index is 0.317. The van der Waals surface area contributed by atoms with Gasteiger partial charge in [-0.3, -0.25) is 5.84 Å². The highest BCUT2D eigenvalue weighted by atomic mass is 16.5. The van der Waals surface area contributed by atoms with E-state index in [1.165, 1.54) is 6.07 Å². The van der Waals surface area contributed by atoms with Crippen molar-refractivity contribution in [2.75, 3.05) is 17.8 Å². The second-order valence-corrected chi connectivity index (χ2v) is 2.67. The second-order valence-electron chi connectivity index (χ2n) is 2.67. The minimum Gasteiger partial charge on any atom is -0.462 e. The van der Waals surface area contributed by atoms with Crippen LogP contribution < -0.4 is 17.0 Å². The van der Waals surface area contributed by atoms with Gasteiger partial charge in [0.25, 0.3) is 0 Å². The van der Waals surface area contributed by atoms with Crippen molar-refractivity contribution >= 4 is 17.3 Å². The van der Waals surface area contributed by atoms with Crippen LogP contribution in [0.2, 0.25) is 0 Å². The maximum Gasteiger partial charge on any atom is 0.340 e. The van der Waals surface area contributed by atoms with Crippen molar-refractivity contribution in [3.05, 3.63) is 23.8 Å². The molecule has 0 aliphatic carbocycles. The van der Waals surface area contributed by atoms with Crippen LogP contribution in [0, 0.1) is 0 Å². The van der Waals surface area contributed by atoms with E-state index < -0.39 is 5.97 Å². The molecule has 14 heavy (non-hydrogen) atoms. The Morgan fingerprint density at radius 1 is 1.57 bits per heavy atom. The summed E-state index contributed by atoms with van der Waals surface area (Å²) in [5, 5.41) is 0. The lowest BCUT2D eigenvalue weighted by molar-refractivity contribution is 0.0527. The van der Waals surface area contributed by atoms with E-state index in [1.807, 2.05) is 0 Å². The minimum atomic E-state index is -0.437. The van der Waals surface area contributed by atoms with Gasteiger partial charge in [0.1, 0.15) is 0 Å². The maximum atomic E-state index is 11.4. The molecule has 0 atom stereocenters. The number of rotatable bonds is 3. The average Bonchev–Trinajstić information content (AvgIpc) is 2.18. The molecular weight excluding hydrogens is 182 g/mol. The van der Waals surface area contributed by atoms with Gasteiger partial charge < -0.3 is 15.9 Å². The maximum absolute atomic E-state index is 11.4. The van der Waals surface area contributed by atoms with Crippen LogP contribution >= 0.6 is 0 Å². The van der Waals surface area contributed by atoms with E-state index in [1.54, 1.807) is 19.1 Å². The Labute approximate surface area is 82.0 Å². The first-order chi connectivity index (χ1) is 6.69. The number of benzene rings is 1. The van der Waals surface area contributed by atoms with Gasteiger partial charge in [0.2, 0.25) is 0 Å². The van der Waals surface area contributed by atoms with Crippen molar-refractivity contribution in [1.29, 1.82) is 0 Å². The summed E-state index contributed by atoms with van der Waals surface area (Å²) in [5.74, 6) is 4.80. The third-order valence-electron chi connectivity index (χ3n) is 1.69. The summed E-state index contributed by atoms with van der Waals surface area (Å²) in [5.41, 5.74) is 9.28. The number of ether oxygens (including phenoxy) is 1. The Morgan fingerprint density at radius 2 is 2.29 bits per heavy atom. The van der Waals surface area contributed by atoms with E-state index in [-0.39, 0.29) is 0 Å². The standard InChI is InChI=1S/C9H13N3O2/c1-2-14-9(13)7-5-6(10)3-4-8(7)12-11/h3-5,12H,2,10-11H2,1H3. The van der Waals surface area contributed by atoms with Crippen LogP contribution in [-0.2, 0) is 4.74 Å². The molecule has 0 aliphatic heterocycles. The summed E-state index contributed by atoms with van der Waals surface area (Å²) < 4.78 is 4.84. The molecular formula is C9H13N3O2. The Balaban J connectivity index is 3.03. The number of hydrazine groups is 1. The number of nitrogens with one attached hydrogen (secondary N) is 1. The Kier molecular flexibility index (Phi) is 3.30. The summed E-state index contributed by atoms with van der Waals surface area (Å²) >= 11 is 0. The number of carbonyl (C=O) groups is 1. The van der Waals surface area contributed by atoms with Gasteiger partial charge in [0.15, 0.2) is 0 Å². The molecule has 5 N–H and O–H groups in total. The molecule has 76 valence electrons. The molecule has 1 rings (SSSR count). The SMILES string of the molecule is CCOC(=O)c1cc(N)ccc1NN. The van der Waals surface area contributed by atoms with Gasteiger partial charge in [-0.15, -0.1) is 0 Å². The van der Waals surface area contributed by atoms with Gasteiger partial charge in [0.05, 0.1) is 17.9 Å². The summed E-state index contributed by atoms with van der Waals surface area (Å²) in [6.07, 6.45) is 0. The first-order valence-corrected chi connectivity index (χ1v) is 4.22. The van der Waals surface area contributed by atoms with Crippen molar-refractivity contribution in [2.24, 2.45) is 5.84 Å². The first kappa shape index (κ1) is 10.3. The highest BCUT2D eigenvalue weighted by Gasteiger charge is 2.11. The van der Waals surface area contributed by atoms with Gasteiger partial charge in [0, 0.05) is 5.69 Å². The van der Waals surface area contributed by atoms with Crippen LogP contribution in [0.15, 0.2) is 18.2 Å². The second kappa shape index (κ2) is 4.48. The molecule has 0 spiro atoms. The normalized spacial score (nSPS) is 9.57. The van der Waals surface area contributed by atoms with Crippen LogP contribution in [0.4, 0.5) is 11.4 Å². The monoisotopic (exact) mass is 195 g/mol. The summed E-state index contributed by atoms with van der Waals surface area (Å²) in [7, 11) is 0. The lowest BCUT2D eigenvalue weighted by Crippen LogP contribution is -2.14. The molecule has 1 aromatic rings. The average molecular weight is 195 g/mol. The van der Waals surface area contributed by atoms with Crippen LogP contribution in [0.3, 0.4) is 0 Å². The predicted molar refractivity (Wildman–Crippen MR) is 54.6 cm³/mol. The van der Waals surface area contributed by atoms with Crippen molar-refractivity contribution in [1.82, 2.24) is 0 Å². The fraction of sp³-hybridized carbons (Fsp3) is 0.222. The lowest BCUT2D eigenvalue weighted by atomic mass is 10.1. The number of nitrogens with two attached hydrogens (primary N) is 2. The molecule has 0 aliphatic rings. The van der Waals surface area contributed by atoms with Crippen LogP contribution in [0.1, 0.15) is 17.3 Å². The van der Waals surface area contributed by atoms with E-state index in [0.29, 0.717) is 23.5 Å². The number of nitrogen functional groups attached to an aromatic ring is 2. The van der Waals surface area contributed by atoms with Crippen LogP contribution in [0.25, 0.3) is 0 Å². The topological polar surface area (TPSA) is 90.4 Å². The number of anilines is 2. The van der Waals surface area contributed by atoms with Gasteiger partial charge in [-0.25, -0.2) is 4.79 Å². The number of hydrogen-bond acceptors (Lipinski definition) is 5. The predicted octanol–water partition coefficient (Wildman–Crippen LogP) is 0.731. The van der Waals surface area contributed by atoms with Crippen molar-refractivity contribution in [2.45, 2.75) is 6.92 Å². The van der Waals surface area contributed by atoms with E-state index in [0.717, 1.165) is 0 Å². The van der Waals surface area contributed by atoms with Gasteiger partial charge in [-0.2, -0.15) is 0 Å². The quantitative estimate of drug-likeness (QED) is 0.286. The van der Waals surface area contributed by atoms with Crippen molar-refractivity contribution in [3.63, 3.8) is 0 Å². The molecule has 5 nitrogen and oxygen atoms in total. The fourth-order valence-electron chi connectivity index (χ4n) is 1.07. The number of hydrogen-bond donors (Lipinski definition) is 3. The third-order valence-corrected chi connectivity index (χ3v) is 1.69. The van der Waals surface area contributed by atoms with Crippen LogP contribution in [0.5, 0.6) is 0 Å². The molecule has 5 heteroatoms. The molecule has 0 radical (unpaired) electrons. The Bertz CT molecular complexity index is 339. The summed E-state index contributed by atoms with van der Waals surface area (Å²) in [4.78, 5) is 11.4. The largest absolute Gasteiger partial charge is 0.462 e. The third kappa shape index (κ3) is 2.14. The highest BCUT2D eigenvalue weighted by Crippen LogP contribution is 2.18. The zero-order valence-electron chi connectivity index (χ0n) is 7.91. The molecule has 0 saturated heterocycles. The number of carbonyl (C=O) groups excluding carboxylic acids is 1. The summed E-state index contributed by atoms with van der Waals surface area (Å²) in [6, 6.07) is 4.80. The summed E-state index contributed by atoms with van der Waals surface area (Å²) in [6.45, 7) is 2.05. The molecule has 0 bridgehead atoms. The van der Waals surface area contributed by atoms with Crippen molar-refractivity contribution < 1.29 is 9.53 Å². The molecule has 1 aromatic carbocycles. The molecule has 0 saturated carbocycles. The van der Waals surface area contributed by atoms with Gasteiger partial charge >= 0.3 is 5.97 Å². The molecule has 0 unspecified atom stereocenters. The Hall–Kier alpha value is -1.75. The van der Waals surface area contributed by atoms with E-state index in [4.69, 9.17) is 16.3 Å². The smallest absolute Gasteiger partial charge is 0.340 e. The highest BCUT2D eigenvalue weighted by molar-refractivity contribution is 5.96. The van der Waals surface area contributed by atoms with Gasteiger partial charge in [-0.05, 0) is 25.1 Å². The van der Waals surface area contributed by atoms with Gasteiger partial charge in [-0.1, -0.05) is 0 Å². The zero-order valence-corrected chi connectivity index (χ0v) is 7.91. The zero-order chi connectivity index (χ0) is 10.6. The molecule has 0 aromatic heterocycles.